The van der Waals surface area contributed by atoms with E-state index in [0.717, 1.165) is 35.8 Å². The molecule has 0 unspecified atom stereocenters. The number of hydrogen-bond donors (Lipinski definition) is 0. The van der Waals surface area contributed by atoms with E-state index in [1.54, 1.807) is 6.07 Å². The van der Waals surface area contributed by atoms with Gasteiger partial charge in [0.2, 0.25) is 0 Å². The van der Waals surface area contributed by atoms with Crippen molar-refractivity contribution in [3.8, 4) is 5.75 Å². The number of para-hydroxylation sites is 1. The second kappa shape index (κ2) is 10.2. The zero-order valence-corrected chi connectivity index (χ0v) is 18.6. The Morgan fingerprint density at radius 3 is 2.29 bits per heavy atom. The zero-order valence-electron chi connectivity index (χ0n) is 17.1. The van der Waals surface area contributed by atoms with Crippen molar-refractivity contribution in [3.05, 3.63) is 99.5 Å². The third kappa shape index (κ3) is 5.59. The molecule has 1 heterocycles. The fraction of sp³-hybridized carbons (Fsp3) is 0.240. The monoisotopic (exact) mass is 454 g/mol. The lowest BCUT2D eigenvalue weighted by Crippen LogP contribution is -2.48. The molecule has 0 aromatic heterocycles. The predicted octanol–water partition coefficient (Wildman–Crippen LogP) is 5.53. The third-order valence-electron chi connectivity index (χ3n) is 5.42. The summed E-state index contributed by atoms with van der Waals surface area (Å²) in [5, 5.41) is 1.36. The molecule has 6 heteroatoms. The lowest BCUT2D eigenvalue weighted by atomic mass is 10.1. The molecule has 160 valence electrons. The first-order chi connectivity index (χ1) is 15.1. The van der Waals surface area contributed by atoms with Crippen LogP contribution in [-0.2, 0) is 13.2 Å². The van der Waals surface area contributed by atoms with Crippen LogP contribution in [0.2, 0.25) is 10.0 Å². The van der Waals surface area contributed by atoms with Crippen LogP contribution >= 0.6 is 23.2 Å². The summed E-state index contributed by atoms with van der Waals surface area (Å²) in [6, 6.07) is 22.9. The molecule has 0 atom stereocenters. The van der Waals surface area contributed by atoms with E-state index >= 15 is 0 Å². The molecule has 1 aliphatic rings. The molecule has 4 nitrogen and oxygen atoms in total. The first-order valence-corrected chi connectivity index (χ1v) is 11.1. The Morgan fingerprint density at radius 2 is 1.55 bits per heavy atom. The fourth-order valence-corrected chi connectivity index (χ4v) is 4.06. The van der Waals surface area contributed by atoms with E-state index in [-0.39, 0.29) is 5.91 Å². The summed E-state index contributed by atoms with van der Waals surface area (Å²) in [7, 11) is 0. The normalized spacial score (nSPS) is 14.5. The standard InChI is InChI=1S/C25H24Cl2N2O2/c26-22-9-2-1-7-21(22)17-28-12-14-29(15-13-28)25(30)20-8-5-6-19(16-20)18-31-24-11-4-3-10-23(24)27/h1-11,16H,12-15,17-18H2. The molecule has 0 saturated carbocycles. The highest BCUT2D eigenvalue weighted by molar-refractivity contribution is 6.32. The molecule has 3 aromatic carbocycles. The third-order valence-corrected chi connectivity index (χ3v) is 6.10. The first kappa shape index (κ1) is 21.7. The molecular weight excluding hydrogens is 431 g/mol. The van der Waals surface area contributed by atoms with Gasteiger partial charge in [-0.1, -0.05) is 65.7 Å². The van der Waals surface area contributed by atoms with Gasteiger partial charge in [0.25, 0.3) is 5.91 Å². The summed E-state index contributed by atoms with van der Waals surface area (Å²) in [6.07, 6.45) is 0. The lowest BCUT2D eigenvalue weighted by Gasteiger charge is -2.35. The summed E-state index contributed by atoms with van der Waals surface area (Å²) < 4.78 is 5.81. The van der Waals surface area contributed by atoms with Crippen LogP contribution in [-0.4, -0.2) is 41.9 Å². The summed E-state index contributed by atoms with van der Waals surface area (Å²) in [5.41, 5.74) is 2.73. The highest BCUT2D eigenvalue weighted by Crippen LogP contribution is 2.24. The van der Waals surface area contributed by atoms with E-state index in [1.165, 1.54) is 0 Å². The summed E-state index contributed by atoms with van der Waals surface area (Å²) >= 11 is 12.4. The zero-order chi connectivity index (χ0) is 21.6. The number of ether oxygens (including phenoxy) is 1. The summed E-state index contributed by atoms with van der Waals surface area (Å²) in [6.45, 7) is 4.21. The van der Waals surface area contributed by atoms with Crippen molar-refractivity contribution in [2.75, 3.05) is 26.2 Å². The van der Waals surface area contributed by atoms with Gasteiger partial charge in [0.05, 0.1) is 5.02 Å². The SMILES string of the molecule is O=C(c1cccc(COc2ccccc2Cl)c1)N1CCN(Cc2ccccc2Cl)CC1. The van der Waals surface area contributed by atoms with E-state index in [1.807, 2.05) is 65.6 Å². The molecule has 0 N–H and O–H groups in total. The van der Waals surface area contributed by atoms with E-state index in [9.17, 15) is 4.79 Å². The van der Waals surface area contributed by atoms with Gasteiger partial charge >= 0.3 is 0 Å². The predicted molar refractivity (Wildman–Crippen MR) is 125 cm³/mol. The van der Waals surface area contributed by atoms with Gasteiger partial charge in [0.1, 0.15) is 12.4 Å². The molecule has 1 amide bonds. The van der Waals surface area contributed by atoms with Gasteiger partial charge in [-0.25, -0.2) is 0 Å². The maximum atomic E-state index is 13.0. The topological polar surface area (TPSA) is 32.8 Å². The second-order valence-corrected chi connectivity index (χ2v) is 8.39. The number of benzene rings is 3. The van der Waals surface area contributed by atoms with Crippen LogP contribution in [0.25, 0.3) is 0 Å². The number of rotatable bonds is 6. The molecule has 0 bridgehead atoms. The van der Waals surface area contributed by atoms with Crippen molar-refractivity contribution >= 4 is 29.1 Å². The first-order valence-electron chi connectivity index (χ1n) is 10.3. The van der Waals surface area contributed by atoms with Gasteiger partial charge < -0.3 is 9.64 Å². The Kier molecular flexibility index (Phi) is 7.13. The maximum absolute atomic E-state index is 13.0. The summed E-state index contributed by atoms with van der Waals surface area (Å²) in [4.78, 5) is 17.3. The van der Waals surface area contributed by atoms with Gasteiger partial charge in [-0.15, -0.1) is 0 Å². The molecule has 4 rings (SSSR count). The molecule has 3 aromatic rings. The quantitative estimate of drug-likeness (QED) is 0.490. The van der Waals surface area contributed by atoms with Gasteiger partial charge in [-0.05, 0) is 41.5 Å². The van der Waals surface area contributed by atoms with Crippen LogP contribution in [0.1, 0.15) is 21.5 Å². The average molecular weight is 455 g/mol. The number of piperazine rings is 1. The molecule has 0 aliphatic carbocycles. The molecule has 1 fully saturated rings. The Bertz CT molecular complexity index is 1050. The van der Waals surface area contributed by atoms with Gasteiger partial charge in [0, 0.05) is 43.3 Å². The average Bonchev–Trinajstić information content (AvgIpc) is 2.80. The second-order valence-electron chi connectivity index (χ2n) is 7.58. The molecule has 0 radical (unpaired) electrons. The van der Waals surface area contributed by atoms with Crippen LogP contribution in [0.3, 0.4) is 0 Å². The molecule has 0 spiro atoms. The Balaban J connectivity index is 1.33. The fourth-order valence-electron chi connectivity index (χ4n) is 3.68. The minimum Gasteiger partial charge on any atom is -0.487 e. The minimum absolute atomic E-state index is 0.0528. The van der Waals surface area contributed by atoms with Crippen molar-refractivity contribution in [2.24, 2.45) is 0 Å². The molecular formula is C25H24Cl2N2O2. The lowest BCUT2D eigenvalue weighted by molar-refractivity contribution is 0.0628. The van der Waals surface area contributed by atoms with Crippen molar-refractivity contribution in [1.82, 2.24) is 9.80 Å². The van der Waals surface area contributed by atoms with Crippen LogP contribution in [0.5, 0.6) is 5.75 Å². The Hall–Kier alpha value is -2.53. The highest BCUT2D eigenvalue weighted by Gasteiger charge is 2.22. The van der Waals surface area contributed by atoms with E-state index < -0.39 is 0 Å². The smallest absolute Gasteiger partial charge is 0.253 e. The van der Waals surface area contributed by atoms with Crippen molar-refractivity contribution in [3.63, 3.8) is 0 Å². The van der Waals surface area contributed by atoms with Gasteiger partial charge in [-0.3, -0.25) is 9.69 Å². The highest BCUT2D eigenvalue weighted by atomic mass is 35.5. The number of amides is 1. The Morgan fingerprint density at radius 1 is 0.839 bits per heavy atom. The van der Waals surface area contributed by atoms with E-state index in [4.69, 9.17) is 27.9 Å². The van der Waals surface area contributed by atoms with Crippen LogP contribution < -0.4 is 4.74 Å². The van der Waals surface area contributed by atoms with E-state index in [2.05, 4.69) is 11.0 Å². The number of nitrogens with zero attached hydrogens (tertiary/aromatic N) is 2. The molecule has 1 saturated heterocycles. The summed E-state index contributed by atoms with van der Waals surface area (Å²) in [5.74, 6) is 0.688. The number of carbonyl (C=O) groups is 1. The molecule has 31 heavy (non-hydrogen) atoms. The molecule has 1 aliphatic heterocycles. The van der Waals surface area contributed by atoms with Crippen LogP contribution in [0.15, 0.2) is 72.8 Å². The van der Waals surface area contributed by atoms with Gasteiger partial charge in [-0.2, -0.15) is 0 Å². The largest absolute Gasteiger partial charge is 0.487 e. The maximum Gasteiger partial charge on any atom is 0.253 e. The minimum atomic E-state index is 0.0528. The van der Waals surface area contributed by atoms with Crippen LogP contribution in [0.4, 0.5) is 0 Å². The van der Waals surface area contributed by atoms with Gasteiger partial charge in [0.15, 0.2) is 0 Å². The number of carbonyl (C=O) groups excluding carboxylic acids is 1. The van der Waals surface area contributed by atoms with Crippen molar-refractivity contribution in [1.29, 1.82) is 0 Å². The number of halogens is 2. The van der Waals surface area contributed by atoms with Crippen molar-refractivity contribution < 1.29 is 9.53 Å². The Labute approximate surface area is 192 Å². The van der Waals surface area contributed by atoms with E-state index in [0.29, 0.717) is 36.0 Å². The van der Waals surface area contributed by atoms with Crippen molar-refractivity contribution in [2.45, 2.75) is 13.2 Å². The number of hydrogen-bond acceptors (Lipinski definition) is 3. The van der Waals surface area contributed by atoms with Crippen LogP contribution in [0, 0.1) is 0 Å².